The van der Waals surface area contributed by atoms with Crippen LogP contribution in [0.1, 0.15) is 19.3 Å². The highest BCUT2D eigenvalue weighted by molar-refractivity contribution is 6.10. The Bertz CT molecular complexity index is 941. The van der Waals surface area contributed by atoms with E-state index in [1.54, 1.807) is 0 Å². The largest absolute Gasteiger partial charge is 0.433 e. The number of alkyl halides is 5. The number of carbonyl (C=O) groups excluding carboxylic acids is 3. The maximum Gasteiger partial charge on any atom is 0.401 e. The fraction of sp³-hybridized carbons (Fsp3) is 0.571. The lowest BCUT2D eigenvalue weighted by atomic mass is 9.84. The monoisotopic (exact) mass is 508 g/mol. The number of rotatable bonds is 10. The molecule has 35 heavy (non-hydrogen) atoms. The Hall–Kier alpha value is -3.00. The minimum Gasteiger partial charge on any atom is -0.433 e. The predicted octanol–water partition coefficient (Wildman–Crippen LogP) is 2.11. The van der Waals surface area contributed by atoms with Gasteiger partial charge in [-0.05, 0) is 30.9 Å². The first-order chi connectivity index (χ1) is 16.4. The molecule has 1 aliphatic carbocycles. The average molecular weight is 508 g/mol. The van der Waals surface area contributed by atoms with Crippen LogP contribution in [0.3, 0.4) is 0 Å². The van der Waals surface area contributed by atoms with Crippen LogP contribution in [0.5, 0.6) is 5.75 Å². The van der Waals surface area contributed by atoms with E-state index in [-0.39, 0.29) is 43.6 Å². The van der Waals surface area contributed by atoms with Gasteiger partial charge >= 0.3 is 12.8 Å². The molecule has 1 heterocycles. The fourth-order valence-electron chi connectivity index (χ4n) is 3.94. The van der Waals surface area contributed by atoms with Crippen LogP contribution in [-0.4, -0.2) is 74.3 Å². The molecule has 0 aromatic heterocycles. The maximum atomic E-state index is 13.2. The molecular weight excluding hydrogens is 483 g/mol. The zero-order chi connectivity index (χ0) is 25.8. The molecule has 1 aromatic rings. The first-order valence-corrected chi connectivity index (χ1v) is 10.8. The Morgan fingerprint density at radius 1 is 1.29 bits per heavy atom. The lowest BCUT2D eigenvalue weighted by Crippen LogP contribution is -2.56. The number of halogens is 5. The van der Waals surface area contributed by atoms with E-state index in [1.807, 2.05) is 0 Å². The lowest BCUT2D eigenvalue weighted by molar-refractivity contribution is -0.159. The second kappa shape index (κ2) is 11.2. The molecule has 1 atom stereocenters. The van der Waals surface area contributed by atoms with Crippen LogP contribution in [0.4, 0.5) is 33.3 Å². The maximum absolute atomic E-state index is 13.2. The number of morpholine rings is 1. The number of carbonyl (C=O) groups is 3. The molecule has 9 nitrogen and oxygen atoms in total. The summed E-state index contributed by atoms with van der Waals surface area (Å²) in [5.41, 5.74) is 5.14. The minimum absolute atomic E-state index is 0.130. The molecule has 0 radical (unpaired) electrons. The van der Waals surface area contributed by atoms with Crippen molar-refractivity contribution in [3.8, 4) is 5.75 Å². The van der Waals surface area contributed by atoms with Gasteiger partial charge in [-0.2, -0.15) is 22.0 Å². The minimum atomic E-state index is -4.71. The van der Waals surface area contributed by atoms with Gasteiger partial charge in [0.2, 0.25) is 5.91 Å². The van der Waals surface area contributed by atoms with Crippen LogP contribution < -0.4 is 20.7 Å². The number of primary amides is 1. The van der Waals surface area contributed by atoms with Gasteiger partial charge < -0.3 is 25.4 Å². The van der Waals surface area contributed by atoms with Crippen LogP contribution in [0.15, 0.2) is 18.2 Å². The number of hydrogen-bond donors (Lipinski definition) is 2. The third kappa shape index (κ3) is 7.24. The van der Waals surface area contributed by atoms with Crippen molar-refractivity contribution in [1.82, 2.24) is 4.90 Å². The number of nitrogens with one attached hydrogen (secondary N) is 1. The van der Waals surface area contributed by atoms with Gasteiger partial charge in [0, 0.05) is 24.8 Å². The highest BCUT2D eigenvalue weighted by Gasteiger charge is 2.41. The number of anilines is 2. The Morgan fingerprint density at radius 3 is 2.54 bits per heavy atom. The van der Waals surface area contributed by atoms with Gasteiger partial charge in [0.15, 0.2) is 11.8 Å². The van der Waals surface area contributed by atoms with E-state index in [0.29, 0.717) is 17.7 Å². The van der Waals surface area contributed by atoms with Gasteiger partial charge in [-0.15, -0.1) is 0 Å². The molecule has 1 saturated heterocycles. The number of benzene rings is 1. The van der Waals surface area contributed by atoms with Crippen molar-refractivity contribution in [2.45, 2.75) is 38.1 Å². The quantitative estimate of drug-likeness (QED) is 0.370. The smallest absolute Gasteiger partial charge is 0.401 e. The molecule has 14 heteroatoms. The summed E-state index contributed by atoms with van der Waals surface area (Å²) in [4.78, 5) is 38.9. The Labute approximate surface area is 197 Å². The first-order valence-electron chi connectivity index (χ1n) is 10.8. The molecule has 1 aromatic carbocycles. The zero-order valence-corrected chi connectivity index (χ0v) is 18.5. The fourth-order valence-corrected chi connectivity index (χ4v) is 3.94. The van der Waals surface area contributed by atoms with E-state index in [4.69, 9.17) is 10.5 Å². The summed E-state index contributed by atoms with van der Waals surface area (Å²) in [6.07, 6.45) is -2.59. The van der Waals surface area contributed by atoms with E-state index in [1.165, 1.54) is 11.0 Å². The van der Waals surface area contributed by atoms with Crippen molar-refractivity contribution >= 4 is 29.1 Å². The van der Waals surface area contributed by atoms with E-state index < -0.39 is 48.8 Å². The summed E-state index contributed by atoms with van der Waals surface area (Å²) in [7, 11) is 0. The molecule has 1 saturated carbocycles. The van der Waals surface area contributed by atoms with Gasteiger partial charge in [0.1, 0.15) is 6.61 Å². The number of nitrogens with two attached hydrogens (primary N) is 1. The molecule has 1 aliphatic heterocycles. The Kier molecular flexibility index (Phi) is 8.48. The summed E-state index contributed by atoms with van der Waals surface area (Å²) in [5.74, 6) is -3.65. The molecule has 3 N–H and O–H groups in total. The van der Waals surface area contributed by atoms with Crippen molar-refractivity contribution in [3.05, 3.63) is 18.2 Å². The molecule has 3 rings (SSSR count). The summed E-state index contributed by atoms with van der Waals surface area (Å²) in [6, 6.07) is 1.55. The van der Waals surface area contributed by atoms with Crippen molar-refractivity contribution < 1.29 is 45.8 Å². The normalized spacial score (nSPS) is 17.9. The lowest BCUT2D eigenvalue weighted by Gasteiger charge is -2.35. The molecule has 0 unspecified atom stereocenters. The van der Waals surface area contributed by atoms with Gasteiger partial charge in [-0.1, -0.05) is 6.42 Å². The highest BCUT2D eigenvalue weighted by Crippen LogP contribution is 2.33. The summed E-state index contributed by atoms with van der Waals surface area (Å²) in [5, 5.41) is 2.18. The standard InChI is InChI=1S/C21H25F5N4O5/c22-20(23)35-15-8-13(30-6-7-34-10-16(30)31)4-5-14(15)28-19(33)17(18(27)32)29(11-21(24,25)26)9-12-2-1-3-12/h4-5,8,12,17,20H,1-3,6-7,9-11H2,(H2,27,32)(H,28,33)/t17-/m1/s1. The number of hydrogen-bond acceptors (Lipinski definition) is 6. The molecule has 0 bridgehead atoms. The van der Waals surface area contributed by atoms with E-state index in [2.05, 4.69) is 10.1 Å². The van der Waals surface area contributed by atoms with Gasteiger partial charge in [-0.3, -0.25) is 19.3 Å². The van der Waals surface area contributed by atoms with E-state index >= 15 is 0 Å². The van der Waals surface area contributed by atoms with E-state index in [9.17, 15) is 36.3 Å². The SMILES string of the molecule is NC(=O)[C@H](C(=O)Nc1ccc(N2CCOCC2=O)cc1OC(F)F)N(CC1CCC1)CC(F)(F)F. The van der Waals surface area contributed by atoms with Crippen LogP contribution in [0.25, 0.3) is 0 Å². The molecule has 2 fully saturated rings. The highest BCUT2D eigenvalue weighted by atomic mass is 19.4. The van der Waals surface area contributed by atoms with Gasteiger partial charge in [-0.25, -0.2) is 0 Å². The number of nitrogens with zero attached hydrogens (tertiary/aromatic N) is 2. The third-order valence-electron chi connectivity index (χ3n) is 5.72. The molecule has 0 spiro atoms. The summed E-state index contributed by atoms with van der Waals surface area (Å²) < 4.78 is 75.1. The topological polar surface area (TPSA) is 114 Å². The van der Waals surface area contributed by atoms with Crippen molar-refractivity contribution in [1.29, 1.82) is 0 Å². The molecular formula is C21H25F5N4O5. The van der Waals surface area contributed by atoms with Crippen LogP contribution >= 0.6 is 0 Å². The van der Waals surface area contributed by atoms with Crippen LogP contribution in [0, 0.1) is 5.92 Å². The molecule has 3 amide bonds. The van der Waals surface area contributed by atoms with Crippen molar-refractivity contribution in [2.24, 2.45) is 11.7 Å². The van der Waals surface area contributed by atoms with Crippen molar-refractivity contribution in [2.75, 3.05) is 43.1 Å². The average Bonchev–Trinajstić information content (AvgIpc) is 2.70. The summed E-state index contributed by atoms with van der Waals surface area (Å²) in [6.45, 7) is -4.89. The molecule has 2 aliphatic rings. The first kappa shape index (κ1) is 26.6. The number of amides is 3. The van der Waals surface area contributed by atoms with Gasteiger partial charge in [0.05, 0.1) is 18.8 Å². The van der Waals surface area contributed by atoms with Crippen LogP contribution in [0.2, 0.25) is 0 Å². The zero-order valence-electron chi connectivity index (χ0n) is 18.5. The molecule has 194 valence electrons. The van der Waals surface area contributed by atoms with Crippen LogP contribution in [-0.2, 0) is 19.1 Å². The third-order valence-corrected chi connectivity index (χ3v) is 5.72. The second-order valence-corrected chi connectivity index (χ2v) is 8.29. The number of ether oxygens (including phenoxy) is 2. The van der Waals surface area contributed by atoms with Crippen molar-refractivity contribution in [3.63, 3.8) is 0 Å². The Balaban J connectivity index is 1.86. The Morgan fingerprint density at radius 2 is 2.00 bits per heavy atom. The van der Waals surface area contributed by atoms with E-state index in [0.717, 1.165) is 18.6 Å². The van der Waals surface area contributed by atoms with Gasteiger partial charge in [0.25, 0.3) is 11.8 Å². The second-order valence-electron chi connectivity index (χ2n) is 8.29. The predicted molar refractivity (Wildman–Crippen MR) is 113 cm³/mol. The summed E-state index contributed by atoms with van der Waals surface area (Å²) >= 11 is 0.